The van der Waals surface area contributed by atoms with Crippen LogP contribution in [0.5, 0.6) is 0 Å². The van der Waals surface area contributed by atoms with E-state index in [1.54, 1.807) is 11.4 Å². The number of hydrogen-bond acceptors (Lipinski definition) is 6. The van der Waals surface area contributed by atoms with Crippen LogP contribution in [-0.2, 0) is 4.79 Å². The zero-order valence-electron chi connectivity index (χ0n) is 15.0. The van der Waals surface area contributed by atoms with Crippen molar-refractivity contribution < 1.29 is 9.59 Å². The van der Waals surface area contributed by atoms with Crippen molar-refractivity contribution >= 4 is 40.3 Å². The Balaban J connectivity index is 1.87. The Morgan fingerprint density at radius 1 is 1.15 bits per heavy atom. The van der Waals surface area contributed by atoms with Gasteiger partial charge in [0, 0.05) is 11.4 Å². The summed E-state index contributed by atoms with van der Waals surface area (Å²) in [7, 11) is 0. The van der Waals surface area contributed by atoms with Crippen LogP contribution in [0.15, 0.2) is 29.4 Å². The fourth-order valence-corrected chi connectivity index (χ4v) is 3.29. The SMILES string of the molecule is Cc1nc2c3ccccc3nc(SC(C)C(=O)NC(=O)NC(C)C)n2n1. The van der Waals surface area contributed by atoms with Crippen LogP contribution >= 0.6 is 11.8 Å². The van der Waals surface area contributed by atoms with Gasteiger partial charge in [-0.15, -0.1) is 5.10 Å². The van der Waals surface area contributed by atoms with Crippen molar-refractivity contribution in [2.24, 2.45) is 0 Å². The van der Waals surface area contributed by atoms with Crippen LogP contribution in [0.1, 0.15) is 26.6 Å². The van der Waals surface area contributed by atoms with E-state index >= 15 is 0 Å². The summed E-state index contributed by atoms with van der Waals surface area (Å²) >= 11 is 1.23. The lowest BCUT2D eigenvalue weighted by molar-refractivity contribution is -0.119. The third-order valence-electron chi connectivity index (χ3n) is 3.56. The number of amides is 3. The van der Waals surface area contributed by atoms with Crippen LogP contribution < -0.4 is 10.6 Å². The van der Waals surface area contributed by atoms with E-state index in [4.69, 9.17) is 0 Å². The summed E-state index contributed by atoms with van der Waals surface area (Å²) in [6.45, 7) is 7.17. The Morgan fingerprint density at radius 2 is 1.88 bits per heavy atom. The molecule has 0 saturated carbocycles. The molecule has 0 fully saturated rings. The number of hydrogen-bond donors (Lipinski definition) is 2. The fraction of sp³-hybridized carbons (Fsp3) is 0.353. The molecule has 1 aromatic carbocycles. The molecule has 2 aromatic heterocycles. The first-order valence-corrected chi connectivity index (χ1v) is 9.13. The van der Waals surface area contributed by atoms with Gasteiger partial charge in [0.1, 0.15) is 5.82 Å². The van der Waals surface area contributed by atoms with Gasteiger partial charge in [0.05, 0.1) is 10.8 Å². The lowest BCUT2D eigenvalue weighted by Gasteiger charge is -2.13. The number of thioether (sulfide) groups is 1. The minimum Gasteiger partial charge on any atom is -0.336 e. The number of benzene rings is 1. The Hall–Kier alpha value is -2.68. The molecule has 3 amide bonds. The van der Waals surface area contributed by atoms with E-state index in [1.165, 1.54) is 11.8 Å². The highest BCUT2D eigenvalue weighted by Gasteiger charge is 2.21. The second kappa shape index (κ2) is 7.28. The fourth-order valence-electron chi connectivity index (χ4n) is 2.43. The summed E-state index contributed by atoms with van der Waals surface area (Å²) in [5.41, 5.74) is 1.47. The van der Waals surface area contributed by atoms with Crippen molar-refractivity contribution in [1.29, 1.82) is 0 Å². The van der Waals surface area contributed by atoms with Crippen molar-refractivity contribution in [3.05, 3.63) is 30.1 Å². The molecule has 0 aliphatic carbocycles. The average Bonchev–Trinajstić information content (AvgIpc) is 2.96. The van der Waals surface area contributed by atoms with Crippen LogP contribution in [0.25, 0.3) is 16.6 Å². The highest BCUT2D eigenvalue weighted by atomic mass is 32.2. The first-order chi connectivity index (χ1) is 12.3. The predicted octanol–water partition coefficient (Wildman–Crippen LogP) is 2.30. The standard InChI is InChI=1S/C17H20N6O2S/c1-9(2)18-16(25)21-15(24)10(3)26-17-20-13-8-6-5-7-12(13)14-19-11(4)22-23(14)17/h5-10H,1-4H3,(H2,18,21,24,25). The number of aryl methyl sites for hydroxylation is 1. The monoisotopic (exact) mass is 372 g/mol. The Morgan fingerprint density at radius 3 is 2.62 bits per heavy atom. The third kappa shape index (κ3) is 3.77. The van der Waals surface area contributed by atoms with Crippen LogP contribution in [0.4, 0.5) is 4.79 Å². The highest BCUT2D eigenvalue weighted by molar-refractivity contribution is 8.00. The molecule has 0 spiro atoms. The van der Waals surface area contributed by atoms with Gasteiger partial charge >= 0.3 is 6.03 Å². The molecule has 0 radical (unpaired) electrons. The van der Waals surface area contributed by atoms with E-state index in [1.807, 2.05) is 45.0 Å². The van der Waals surface area contributed by atoms with Gasteiger partial charge in [-0.05, 0) is 39.8 Å². The summed E-state index contributed by atoms with van der Waals surface area (Å²) in [6, 6.07) is 7.09. The van der Waals surface area contributed by atoms with E-state index in [9.17, 15) is 9.59 Å². The molecule has 0 aliphatic heterocycles. The molecular formula is C17H20N6O2S. The molecule has 0 bridgehead atoms. The van der Waals surface area contributed by atoms with Crippen molar-refractivity contribution in [3.63, 3.8) is 0 Å². The number of para-hydroxylation sites is 1. The number of rotatable bonds is 4. The van der Waals surface area contributed by atoms with Gasteiger partial charge in [0.15, 0.2) is 10.8 Å². The molecule has 26 heavy (non-hydrogen) atoms. The third-order valence-corrected chi connectivity index (χ3v) is 4.61. The molecular weight excluding hydrogens is 352 g/mol. The van der Waals surface area contributed by atoms with E-state index < -0.39 is 17.2 Å². The Labute approximate surface area is 154 Å². The van der Waals surface area contributed by atoms with Crippen molar-refractivity contribution in [3.8, 4) is 0 Å². The van der Waals surface area contributed by atoms with E-state index in [2.05, 4.69) is 25.7 Å². The van der Waals surface area contributed by atoms with Gasteiger partial charge in [-0.1, -0.05) is 23.9 Å². The summed E-state index contributed by atoms with van der Waals surface area (Å²) in [6.07, 6.45) is 0. The molecule has 0 aliphatic rings. The first kappa shape index (κ1) is 18.1. The quantitative estimate of drug-likeness (QED) is 0.538. The van der Waals surface area contributed by atoms with Gasteiger partial charge in [-0.2, -0.15) is 4.52 Å². The number of carbonyl (C=O) groups is 2. The molecule has 0 saturated heterocycles. The minimum atomic E-state index is -0.533. The van der Waals surface area contributed by atoms with Gasteiger partial charge in [0.25, 0.3) is 0 Å². The van der Waals surface area contributed by atoms with Gasteiger partial charge in [0.2, 0.25) is 5.91 Å². The molecule has 2 heterocycles. The second-order valence-corrected chi connectivity index (χ2v) is 7.49. The maximum atomic E-state index is 12.3. The van der Waals surface area contributed by atoms with Crippen molar-refractivity contribution in [2.45, 2.75) is 44.1 Å². The summed E-state index contributed by atoms with van der Waals surface area (Å²) < 4.78 is 1.64. The predicted molar refractivity (Wildman–Crippen MR) is 100 cm³/mol. The molecule has 1 unspecified atom stereocenters. The topological polar surface area (TPSA) is 101 Å². The van der Waals surface area contributed by atoms with Crippen LogP contribution in [-0.4, -0.2) is 42.8 Å². The first-order valence-electron chi connectivity index (χ1n) is 8.25. The maximum absolute atomic E-state index is 12.3. The molecule has 8 nitrogen and oxygen atoms in total. The Bertz CT molecular complexity index is 984. The van der Waals surface area contributed by atoms with Gasteiger partial charge in [-0.25, -0.2) is 14.8 Å². The number of urea groups is 1. The largest absolute Gasteiger partial charge is 0.336 e. The lowest BCUT2D eigenvalue weighted by Crippen LogP contribution is -2.45. The molecule has 9 heteroatoms. The molecule has 3 aromatic rings. The highest BCUT2D eigenvalue weighted by Crippen LogP contribution is 2.26. The smallest absolute Gasteiger partial charge is 0.321 e. The van der Waals surface area contributed by atoms with Crippen molar-refractivity contribution in [2.75, 3.05) is 0 Å². The maximum Gasteiger partial charge on any atom is 0.321 e. The van der Waals surface area contributed by atoms with E-state index in [-0.39, 0.29) is 6.04 Å². The van der Waals surface area contributed by atoms with Gasteiger partial charge < -0.3 is 5.32 Å². The average molecular weight is 372 g/mol. The number of nitrogens with one attached hydrogen (secondary N) is 2. The van der Waals surface area contributed by atoms with Crippen LogP contribution in [0, 0.1) is 6.92 Å². The van der Waals surface area contributed by atoms with Crippen LogP contribution in [0.3, 0.4) is 0 Å². The number of fused-ring (bicyclic) bond motifs is 3. The normalized spacial score (nSPS) is 12.5. The van der Waals surface area contributed by atoms with Crippen LogP contribution in [0.2, 0.25) is 0 Å². The van der Waals surface area contributed by atoms with Gasteiger partial charge in [-0.3, -0.25) is 10.1 Å². The summed E-state index contributed by atoms with van der Waals surface area (Å²) in [4.78, 5) is 33.1. The summed E-state index contributed by atoms with van der Waals surface area (Å²) in [5.74, 6) is 0.228. The molecule has 2 N–H and O–H groups in total. The summed E-state index contributed by atoms with van der Waals surface area (Å²) in [5, 5.41) is 10.3. The zero-order valence-corrected chi connectivity index (χ0v) is 15.8. The lowest BCUT2D eigenvalue weighted by atomic mass is 10.2. The minimum absolute atomic E-state index is 0.0503. The molecule has 3 rings (SSSR count). The number of nitrogens with zero attached hydrogens (tertiary/aromatic N) is 4. The Kier molecular flexibility index (Phi) is 5.08. The second-order valence-electron chi connectivity index (χ2n) is 6.18. The number of carbonyl (C=O) groups excluding carboxylic acids is 2. The molecule has 1 atom stereocenters. The number of aromatic nitrogens is 4. The molecule has 136 valence electrons. The van der Waals surface area contributed by atoms with E-state index in [0.29, 0.717) is 16.6 Å². The van der Waals surface area contributed by atoms with E-state index in [0.717, 1.165) is 10.9 Å². The zero-order chi connectivity index (χ0) is 18.8. The number of imide groups is 1. The van der Waals surface area contributed by atoms with Crippen molar-refractivity contribution in [1.82, 2.24) is 30.2 Å².